The van der Waals surface area contributed by atoms with Crippen molar-refractivity contribution in [3.63, 3.8) is 0 Å². The first-order valence-corrected chi connectivity index (χ1v) is 7.52. The zero-order valence-electron chi connectivity index (χ0n) is 10.9. The molecule has 1 rings (SSSR count). The number of carbonyl (C=O) groups is 1. The maximum absolute atomic E-state index is 11.5. The zero-order valence-corrected chi connectivity index (χ0v) is 13.3. The molecule has 18 heavy (non-hydrogen) atoms. The van der Waals surface area contributed by atoms with Crippen molar-refractivity contribution in [3.05, 3.63) is 20.8 Å². The van der Waals surface area contributed by atoms with Gasteiger partial charge in [0.25, 0.3) is 0 Å². The van der Waals surface area contributed by atoms with Crippen molar-refractivity contribution in [1.82, 2.24) is 10.2 Å². The predicted octanol–water partition coefficient (Wildman–Crippen LogP) is 1.97. The molecule has 0 aliphatic carbocycles. The van der Waals surface area contributed by atoms with E-state index in [0.29, 0.717) is 6.54 Å². The van der Waals surface area contributed by atoms with Crippen LogP contribution in [0, 0.1) is 0 Å². The van der Waals surface area contributed by atoms with Crippen LogP contribution in [0.5, 0.6) is 0 Å². The molecule has 0 bridgehead atoms. The highest BCUT2D eigenvalue weighted by Crippen LogP contribution is 2.32. The summed E-state index contributed by atoms with van der Waals surface area (Å²) < 4.78 is 1.08. The van der Waals surface area contributed by atoms with Crippen LogP contribution >= 0.6 is 27.3 Å². The molecule has 3 N–H and O–H groups in total. The molecule has 0 aliphatic heterocycles. The second-order valence-electron chi connectivity index (χ2n) is 4.25. The number of nitrogens with zero attached hydrogens (tertiary/aromatic N) is 1. The average Bonchev–Trinajstić information content (AvgIpc) is 2.75. The number of amides is 1. The number of nitrogens with one attached hydrogen (secondary N) is 1. The Morgan fingerprint density at radius 1 is 1.61 bits per heavy atom. The zero-order chi connectivity index (χ0) is 13.7. The number of nitrogens with two attached hydrogens (primary N) is 1. The second kappa shape index (κ2) is 7.23. The van der Waals surface area contributed by atoms with Gasteiger partial charge in [0.1, 0.15) is 0 Å². The van der Waals surface area contributed by atoms with Gasteiger partial charge in [0, 0.05) is 18.0 Å². The molecular formula is C12H20BrN3OS. The lowest BCUT2D eigenvalue weighted by atomic mass is 10.0. The van der Waals surface area contributed by atoms with Gasteiger partial charge in [-0.05, 0) is 41.5 Å². The average molecular weight is 334 g/mol. The largest absolute Gasteiger partial charge is 0.358 e. The fourth-order valence-electron chi connectivity index (χ4n) is 1.87. The van der Waals surface area contributed by atoms with Crippen molar-refractivity contribution in [2.75, 3.05) is 20.6 Å². The minimum absolute atomic E-state index is 0.00132. The molecule has 0 radical (unpaired) electrons. The molecular weight excluding hydrogens is 314 g/mol. The van der Waals surface area contributed by atoms with E-state index >= 15 is 0 Å². The molecule has 1 amide bonds. The number of likely N-dealkylation sites (N-methyl/N-ethyl adjacent to an activating group) is 2. The van der Waals surface area contributed by atoms with Gasteiger partial charge in [0.15, 0.2) is 0 Å². The lowest BCUT2D eigenvalue weighted by Gasteiger charge is -2.31. The van der Waals surface area contributed by atoms with Crippen LogP contribution < -0.4 is 11.1 Å². The Bertz CT molecular complexity index is 396. The van der Waals surface area contributed by atoms with Crippen molar-refractivity contribution >= 4 is 33.2 Å². The fourth-order valence-corrected chi connectivity index (χ4v) is 3.54. The summed E-state index contributed by atoms with van der Waals surface area (Å²) in [4.78, 5) is 14.7. The van der Waals surface area contributed by atoms with Crippen molar-refractivity contribution in [3.8, 4) is 0 Å². The highest BCUT2D eigenvalue weighted by molar-refractivity contribution is 9.11. The molecule has 4 nitrogen and oxygen atoms in total. The minimum Gasteiger partial charge on any atom is -0.358 e. The third-order valence-corrected chi connectivity index (χ3v) is 4.60. The standard InChI is InChI=1S/C12H20BrN3OS/c1-4-8(14)12(9-5-6-10(13)18-9)16(3)7-11(17)15-2/h5-6,8,12H,4,7,14H2,1-3H3,(H,15,17). The summed E-state index contributed by atoms with van der Waals surface area (Å²) in [5.74, 6) is 0.00132. The Balaban J connectivity index is 2.88. The van der Waals surface area contributed by atoms with Crippen LogP contribution in [-0.4, -0.2) is 37.5 Å². The summed E-state index contributed by atoms with van der Waals surface area (Å²) in [6.07, 6.45) is 0.873. The van der Waals surface area contributed by atoms with Gasteiger partial charge in [-0.1, -0.05) is 6.92 Å². The smallest absolute Gasteiger partial charge is 0.233 e. The van der Waals surface area contributed by atoms with Crippen molar-refractivity contribution in [1.29, 1.82) is 0 Å². The summed E-state index contributed by atoms with van der Waals surface area (Å²) in [6, 6.07) is 4.17. The van der Waals surface area contributed by atoms with E-state index in [9.17, 15) is 4.79 Å². The van der Waals surface area contributed by atoms with E-state index in [1.54, 1.807) is 18.4 Å². The molecule has 102 valence electrons. The predicted molar refractivity (Wildman–Crippen MR) is 79.7 cm³/mol. The molecule has 1 heterocycles. The summed E-state index contributed by atoms with van der Waals surface area (Å²) in [5.41, 5.74) is 6.19. The van der Waals surface area contributed by atoms with Gasteiger partial charge in [0.2, 0.25) is 5.91 Å². The van der Waals surface area contributed by atoms with Gasteiger partial charge in [-0.15, -0.1) is 11.3 Å². The molecule has 0 aromatic carbocycles. The molecule has 0 aliphatic rings. The number of thiophene rings is 1. The Morgan fingerprint density at radius 2 is 2.28 bits per heavy atom. The topological polar surface area (TPSA) is 58.4 Å². The van der Waals surface area contributed by atoms with E-state index in [1.807, 2.05) is 18.0 Å². The van der Waals surface area contributed by atoms with E-state index < -0.39 is 0 Å². The summed E-state index contributed by atoms with van der Waals surface area (Å²) in [5, 5.41) is 2.64. The van der Waals surface area contributed by atoms with Gasteiger partial charge < -0.3 is 11.1 Å². The van der Waals surface area contributed by atoms with Gasteiger partial charge in [-0.2, -0.15) is 0 Å². The molecule has 2 atom stereocenters. The van der Waals surface area contributed by atoms with Crippen LogP contribution in [0.2, 0.25) is 0 Å². The Labute approximate surface area is 121 Å². The minimum atomic E-state index is 0.00132. The third-order valence-electron chi connectivity index (χ3n) is 2.91. The lowest BCUT2D eigenvalue weighted by molar-refractivity contribution is -0.122. The molecule has 6 heteroatoms. The number of hydrogen-bond donors (Lipinski definition) is 2. The Kier molecular flexibility index (Phi) is 6.28. The molecule has 0 fully saturated rings. The van der Waals surface area contributed by atoms with Crippen LogP contribution in [0.15, 0.2) is 15.9 Å². The van der Waals surface area contributed by atoms with Gasteiger partial charge in [-0.25, -0.2) is 0 Å². The van der Waals surface area contributed by atoms with Crippen molar-refractivity contribution in [2.24, 2.45) is 5.73 Å². The van der Waals surface area contributed by atoms with E-state index in [4.69, 9.17) is 5.73 Å². The van der Waals surface area contributed by atoms with Crippen LogP contribution in [0.4, 0.5) is 0 Å². The maximum Gasteiger partial charge on any atom is 0.233 e. The summed E-state index contributed by atoms with van der Waals surface area (Å²) in [7, 11) is 3.58. The SMILES string of the molecule is CCC(N)C(c1ccc(Br)s1)N(C)CC(=O)NC. The first-order chi connectivity index (χ1) is 8.49. The van der Waals surface area contributed by atoms with E-state index in [0.717, 1.165) is 10.2 Å². The molecule has 1 aromatic rings. The third kappa shape index (κ3) is 4.05. The molecule has 0 saturated heterocycles. The van der Waals surface area contributed by atoms with Crippen molar-refractivity contribution < 1.29 is 4.79 Å². The number of carbonyl (C=O) groups excluding carboxylic acids is 1. The van der Waals surface area contributed by atoms with Gasteiger partial charge in [0.05, 0.1) is 16.4 Å². The monoisotopic (exact) mass is 333 g/mol. The molecule has 1 aromatic heterocycles. The molecule has 2 unspecified atom stereocenters. The van der Waals surface area contributed by atoms with Crippen LogP contribution in [0.3, 0.4) is 0 Å². The van der Waals surface area contributed by atoms with E-state index in [2.05, 4.69) is 34.2 Å². The van der Waals surface area contributed by atoms with Crippen LogP contribution in [-0.2, 0) is 4.79 Å². The first-order valence-electron chi connectivity index (χ1n) is 5.91. The normalized spacial score (nSPS) is 14.6. The van der Waals surface area contributed by atoms with Crippen molar-refractivity contribution in [2.45, 2.75) is 25.4 Å². The fraction of sp³-hybridized carbons (Fsp3) is 0.583. The lowest BCUT2D eigenvalue weighted by Crippen LogP contribution is -2.42. The Morgan fingerprint density at radius 3 is 2.72 bits per heavy atom. The highest BCUT2D eigenvalue weighted by Gasteiger charge is 2.25. The quantitative estimate of drug-likeness (QED) is 0.836. The van der Waals surface area contributed by atoms with Gasteiger partial charge >= 0.3 is 0 Å². The van der Waals surface area contributed by atoms with Crippen LogP contribution in [0.25, 0.3) is 0 Å². The Hall–Kier alpha value is -0.430. The van der Waals surface area contributed by atoms with E-state index in [1.165, 1.54) is 4.88 Å². The first kappa shape index (κ1) is 15.6. The maximum atomic E-state index is 11.5. The molecule has 0 saturated carbocycles. The van der Waals surface area contributed by atoms with Crippen LogP contribution in [0.1, 0.15) is 24.3 Å². The second-order valence-corrected chi connectivity index (χ2v) is 6.74. The highest BCUT2D eigenvalue weighted by atomic mass is 79.9. The number of hydrogen-bond acceptors (Lipinski definition) is 4. The number of halogens is 1. The summed E-state index contributed by atoms with van der Waals surface area (Å²) >= 11 is 5.13. The van der Waals surface area contributed by atoms with Gasteiger partial charge in [-0.3, -0.25) is 9.69 Å². The van der Waals surface area contributed by atoms with E-state index in [-0.39, 0.29) is 18.0 Å². The summed E-state index contributed by atoms with van der Waals surface area (Å²) in [6.45, 7) is 2.42. The molecule has 0 spiro atoms. The number of rotatable bonds is 6.